The summed E-state index contributed by atoms with van der Waals surface area (Å²) >= 11 is 0. The van der Waals surface area contributed by atoms with Gasteiger partial charge in [0.1, 0.15) is 41.4 Å². The molecule has 0 saturated heterocycles. The van der Waals surface area contributed by atoms with Crippen LogP contribution in [0, 0.1) is 52.6 Å². The first kappa shape index (κ1) is 29.1. The lowest BCUT2D eigenvalue weighted by atomic mass is 10.0. The van der Waals surface area contributed by atoms with Crippen molar-refractivity contribution in [2.45, 2.75) is 6.11 Å². The maximum Gasteiger partial charge on any atom is 0.426 e. The number of halogens is 9. The quantitative estimate of drug-likeness (QED) is 0.0949. The molecule has 4 aromatic carbocycles. The molecule has 11 heteroatoms. The molecule has 0 aliphatic rings. The first-order chi connectivity index (χ1) is 19.4. The Kier molecular flexibility index (Phi) is 8.33. The highest BCUT2D eigenvalue weighted by atomic mass is 19.3. The summed E-state index contributed by atoms with van der Waals surface area (Å²) in [4.78, 5) is 0. The molecule has 0 N–H and O–H groups in total. The highest BCUT2D eigenvalue weighted by Crippen LogP contribution is 2.36. The van der Waals surface area contributed by atoms with Gasteiger partial charge in [-0.25, -0.2) is 30.7 Å². The van der Waals surface area contributed by atoms with Crippen LogP contribution < -0.4 is 9.47 Å². The Bertz CT molecular complexity index is 1620. The van der Waals surface area contributed by atoms with Crippen molar-refractivity contribution in [3.8, 4) is 34.5 Å². The van der Waals surface area contributed by atoms with Gasteiger partial charge >= 0.3 is 6.11 Å². The molecule has 4 rings (SSSR count). The predicted octanol–water partition coefficient (Wildman–Crippen LogP) is 8.42. The molecule has 41 heavy (non-hydrogen) atoms. The maximum atomic E-state index is 14.7. The predicted molar refractivity (Wildman–Crippen MR) is 131 cm³/mol. The van der Waals surface area contributed by atoms with Crippen molar-refractivity contribution in [3.63, 3.8) is 0 Å². The molecular weight excluding hydrogens is 563 g/mol. The van der Waals surface area contributed by atoms with Gasteiger partial charge in [0, 0.05) is 29.8 Å². The second-order valence-electron chi connectivity index (χ2n) is 8.32. The van der Waals surface area contributed by atoms with E-state index in [0.29, 0.717) is 24.3 Å². The van der Waals surface area contributed by atoms with Gasteiger partial charge in [0.15, 0.2) is 17.5 Å². The van der Waals surface area contributed by atoms with Crippen molar-refractivity contribution >= 4 is 0 Å². The van der Waals surface area contributed by atoms with E-state index in [0.717, 1.165) is 36.4 Å². The smallest absolute Gasteiger partial charge is 0.426 e. The number of alkyl halides is 2. The van der Waals surface area contributed by atoms with Gasteiger partial charge in [-0.3, -0.25) is 0 Å². The second-order valence-corrected chi connectivity index (χ2v) is 8.32. The fourth-order valence-corrected chi connectivity index (χ4v) is 3.58. The lowest BCUT2D eigenvalue weighted by Crippen LogP contribution is -2.22. The first-order valence-corrected chi connectivity index (χ1v) is 11.5. The minimum Gasteiger partial charge on any atom is -0.489 e. The van der Waals surface area contributed by atoms with Gasteiger partial charge in [-0.05, 0) is 42.0 Å². The summed E-state index contributed by atoms with van der Waals surface area (Å²) in [5.74, 6) is -6.63. The Morgan fingerprint density at radius 2 is 1.22 bits per heavy atom. The van der Waals surface area contributed by atoms with Crippen molar-refractivity contribution in [2.75, 3.05) is 6.61 Å². The zero-order valence-corrected chi connectivity index (χ0v) is 20.5. The van der Waals surface area contributed by atoms with Gasteiger partial charge in [0.05, 0.1) is 16.7 Å². The molecule has 210 valence electrons. The summed E-state index contributed by atoms with van der Waals surface area (Å²) in [6, 6.07) is 7.19. The number of rotatable bonds is 7. The summed E-state index contributed by atoms with van der Waals surface area (Å²) in [6.45, 7) is 3.45. The molecule has 0 aromatic heterocycles. The highest BCUT2D eigenvalue weighted by Gasteiger charge is 2.35. The van der Waals surface area contributed by atoms with E-state index in [4.69, 9.17) is 4.74 Å². The van der Waals surface area contributed by atoms with Gasteiger partial charge in [-0.1, -0.05) is 24.5 Å². The van der Waals surface area contributed by atoms with Crippen molar-refractivity contribution in [2.24, 2.45) is 0 Å². The van der Waals surface area contributed by atoms with E-state index >= 15 is 0 Å². The minimum absolute atomic E-state index is 0.0260. The van der Waals surface area contributed by atoms with Crippen molar-refractivity contribution in [3.05, 3.63) is 131 Å². The molecule has 0 radical (unpaired) electrons. The zero-order chi connectivity index (χ0) is 29.9. The van der Waals surface area contributed by atoms with Gasteiger partial charge in [-0.15, -0.1) is 0 Å². The molecule has 0 spiro atoms. The van der Waals surface area contributed by atoms with E-state index in [1.807, 2.05) is 0 Å². The minimum atomic E-state index is -4.13. The van der Waals surface area contributed by atoms with Crippen LogP contribution in [0.5, 0.6) is 11.5 Å². The van der Waals surface area contributed by atoms with Gasteiger partial charge < -0.3 is 9.47 Å². The summed E-state index contributed by atoms with van der Waals surface area (Å²) in [5.41, 5.74) is -2.95. The molecule has 0 amide bonds. The summed E-state index contributed by atoms with van der Waals surface area (Å²) in [5, 5.41) is 0. The fraction of sp³-hybridized carbons (Fsp3) is 0.0667. The van der Waals surface area contributed by atoms with Crippen LogP contribution in [-0.2, 0) is 6.11 Å². The molecule has 0 atom stereocenters. The monoisotopic (exact) mass is 578 g/mol. The molecule has 0 saturated carbocycles. The third kappa shape index (κ3) is 6.49. The van der Waals surface area contributed by atoms with Crippen LogP contribution in [0.25, 0.3) is 11.1 Å². The van der Waals surface area contributed by atoms with Crippen LogP contribution in [0.1, 0.15) is 16.7 Å². The first-order valence-electron chi connectivity index (χ1n) is 11.5. The summed E-state index contributed by atoms with van der Waals surface area (Å²) < 4.78 is 137. The number of benzene rings is 4. The van der Waals surface area contributed by atoms with E-state index in [1.165, 1.54) is 6.08 Å². The summed E-state index contributed by atoms with van der Waals surface area (Å²) in [6.07, 6.45) is -2.74. The molecule has 0 heterocycles. The average Bonchev–Trinajstić information content (AvgIpc) is 2.89. The topological polar surface area (TPSA) is 18.5 Å². The third-order valence-electron chi connectivity index (χ3n) is 5.47. The molecule has 0 aliphatic heterocycles. The Morgan fingerprint density at radius 3 is 1.76 bits per heavy atom. The van der Waals surface area contributed by atoms with E-state index in [2.05, 4.69) is 23.2 Å². The van der Waals surface area contributed by atoms with E-state index in [-0.39, 0.29) is 17.9 Å². The van der Waals surface area contributed by atoms with Crippen LogP contribution in [0.15, 0.2) is 73.3 Å². The van der Waals surface area contributed by atoms with Crippen molar-refractivity contribution < 1.29 is 49.0 Å². The van der Waals surface area contributed by atoms with Crippen LogP contribution in [-0.4, -0.2) is 6.61 Å². The van der Waals surface area contributed by atoms with E-state index < -0.39 is 74.8 Å². The normalized spacial score (nSPS) is 11.0. The lowest BCUT2D eigenvalue weighted by molar-refractivity contribution is -0.185. The Hall–Kier alpha value is -4.85. The standard InChI is InChI=1S/C30H15F9O2/c1-2-9-40-19-12-22(31)21(23(32)13-19)8-5-16-3-6-18(7-4-16)30(38,39)41-20-14-24(33)28(25(34)15-20)17-10-26(35)29(37)27(36)11-17/h2-4,6-7,10-15H,1,9H2. The largest absolute Gasteiger partial charge is 0.489 e. The maximum absolute atomic E-state index is 14.7. The van der Waals surface area contributed by atoms with Crippen LogP contribution in [0.2, 0.25) is 0 Å². The van der Waals surface area contributed by atoms with Gasteiger partial charge in [0.2, 0.25) is 0 Å². The van der Waals surface area contributed by atoms with E-state index in [1.54, 1.807) is 0 Å². The van der Waals surface area contributed by atoms with Crippen LogP contribution in [0.4, 0.5) is 39.5 Å². The Balaban J connectivity index is 1.53. The fourth-order valence-electron chi connectivity index (χ4n) is 3.58. The Morgan fingerprint density at radius 1 is 0.683 bits per heavy atom. The molecule has 0 aliphatic carbocycles. The van der Waals surface area contributed by atoms with E-state index in [9.17, 15) is 39.5 Å². The van der Waals surface area contributed by atoms with Crippen LogP contribution in [0.3, 0.4) is 0 Å². The Labute approximate surface area is 227 Å². The van der Waals surface area contributed by atoms with Crippen molar-refractivity contribution in [1.82, 2.24) is 0 Å². The lowest BCUT2D eigenvalue weighted by Gasteiger charge is -2.19. The molecule has 0 unspecified atom stereocenters. The van der Waals surface area contributed by atoms with Gasteiger partial charge in [0.25, 0.3) is 0 Å². The zero-order valence-electron chi connectivity index (χ0n) is 20.5. The molecular formula is C30H15F9O2. The molecule has 2 nitrogen and oxygen atoms in total. The summed E-state index contributed by atoms with van der Waals surface area (Å²) in [7, 11) is 0. The molecule has 0 fully saturated rings. The number of hydrogen-bond donors (Lipinski definition) is 0. The number of ether oxygens (including phenoxy) is 2. The second kappa shape index (κ2) is 11.7. The molecule has 0 bridgehead atoms. The van der Waals surface area contributed by atoms with Gasteiger partial charge in [-0.2, -0.15) is 8.78 Å². The number of hydrogen-bond acceptors (Lipinski definition) is 2. The highest BCUT2D eigenvalue weighted by molar-refractivity contribution is 5.66. The third-order valence-corrected chi connectivity index (χ3v) is 5.47. The average molecular weight is 578 g/mol. The van der Waals surface area contributed by atoms with Crippen LogP contribution >= 0.6 is 0 Å². The van der Waals surface area contributed by atoms with Crippen molar-refractivity contribution in [1.29, 1.82) is 0 Å². The SMILES string of the molecule is C=CCOc1cc(F)c(C#Cc2ccc(C(F)(F)Oc3cc(F)c(-c4cc(F)c(F)c(F)c4)c(F)c3)cc2)c(F)c1. The molecule has 4 aromatic rings.